The molecule has 2 atom stereocenters. The van der Waals surface area contributed by atoms with E-state index in [4.69, 9.17) is 0 Å². The highest BCUT2D eigenvalue weighted by Gasteiger charge is 2.23. The van der Waals surface area contributed by atoms with Crippen LogP contribution in [0, 0.1) is 0 Å². The van der Waals surface area contributed by atoms with Gasteiger partial charge in [0, 0.05) is 12.0 Å². The second kappa shape index (κ2) is 6.44. The third kappa shape index (κ3) is 3.49. The Balaban J connectivity index is 2.06. The molecule has 2 nitrogen and oxygen atoms in total. The molecule has 0 bridgehead atoms. The predicted molar refractivity (Wildman–Crippen MR) is 71.6 cm³/mol. The molecule has 18 heavy (non-hydrogen) atoms. The maximum atomic E-state index is 11.4. The van der Waals surface area contributed by atoms with Crippen molar-refractivity contribution in [2.45, 2.75) is 18.5 Å². The van der Waals surface area contributed by atoms with Crippen molar-refractivity contribution in [3.05, 3.63) is 71.8 Å². The fraction of sp³-hybridized carbons (Fsp3) is 0.200. The molecule has 0 saturated carbocycles. The van der Waals surface area contributed by atoms with E-state index in [2.05, 4.69) is 0 Å². The van der Waals surface area contributed by atoms with Crippen molar-refractivity contribution in [1.82, 2.24) is 0 Å². The van der Waals surface area contributed by atoms with E-state index in [9.17, 15) is 9.46 Å². The van der Waals surface area contributed by atoms with Crippen molar-refractivity contribution < 1.29 is 9.46 Å². The first kappa shape index (κ1) is 12.9. The van der Waals surface area contributed by atoms with E-state index in [0.29, 0.717) is 6.42 Å². The molecule has 0 spiro atoms. The number of rotatable bonds is 5. The van der Waals surface area contributed by atoms with Crippen LogP contribution in [0.1, 0.15) is 23.2 Å². The summed E-state index contributed by atoms with van der Waals surface area (Å²) in [5.41, 5.74) is 1.67. The lowest BCUT2D eigenvalue weighted by molar-refractivity contribution is -0.166. The summed E-state index contributed by atoms with van der Waals surface area (Å²) in [4.78, 5) is 11.4. The van der Waals surface area contributed by atoms with Crippen LogP contribution in [-0.4, -0.2) is 0 Å². The van der Waals surface area contributed by atoms with E-state index < -0.39 is 8.03 Å². The van der Waals surface area contributed by atoms with Crippen LogP contribution in [0.3, 0.4) is 0 Å². The molecule has 0 saturated heterocycles. The fourth-order valence-electron chi connectivity index (χ4n) is 2.02. The van der Waals surface area contributed by atoms with Crippen molar-refractivity contribution in [3.63, 3.8) is 0 Å². The molecule has 2 aromatic carbocycles. The average Bonchev–Trinajstić information content (AvgIpc) is 2.41. The molecule has 0 aromatic heterocycles. The minimum atomic E-state index is -2.44. The lowest BCUT2D eigenvalue weighted by Gasteiger charge is -2.09. The van der Waals surface area contributed by atoms with E-state index in [1.54, 1.807) is 0 Å². The van der Waals surface area contributed by atoms with E-state index in [1.807, 2.05) is 60.7 Å². The Kier molecular flexibility index (Phi) is 4.63. The highest BCUT2D eigenvalue weighted by molar-refractivity contribution is 7.36. The second-order valence-corrected chi connectivity index (χ2v) is 5.43. The Hall–Kier alpha value is -1.50. The van der Waals surface area contributed by atoms with Crippen LogP contribution in [0.15, 0.2) is 60.7 Å². The van der Waals surface area contributed by atoms with Gasteiger partial charge in [0.25, 0.3) is 0 Å². The third-order valence-electron chi connectivity index (χ3n) is 2.99. The lowest BCUT2D eigenvalue weighted by atomic mass is 10.0. The molecule has 0 aliphatic heterocycles. The summed E-state index contributed by atoms with van der Waals surface area (Å²) in [6.07, 6.45) is 1.41. The highest BCUT2D eigenvalue weighted by Crippen LogP contribution is 2.38. The largest absolute Gasteiger partial charge is 0.595 e. The summed E-state index contributed by atoms with van der Waals surface area (Å²) in [5, 5.41) is 0. The van der Waals surface area contributed by atoms with Crippen LogP contribution in [-0.2, 0) is 11.0 Å². The SMILES string of the molecule is O=[P+]([O-])C(CCc1ccccc1)c1ccccc1. The monoisotopic (exact) mass is 258 g/mol. The summed E-state index contributed by atoms with van der Waals surface area (Å²) >= 11 is 0. The van der Waals surface area contributed by atoms with Gasteiger partial charge >= 0.3 is 8.03 Å². The Labute approximate surface area is 108 Å². The fourth-order valence-corrected chi connectivity index (χ4v) is 2.77. The molecule has 0 fully saturated rings. The maximum absolute atomic E-state index is 11.4. The van der Waals surface area contributed by atoms with E-state index in [0.717, 1.165) is 12.0 Å². The summed E-state index contributed by atoms with van der Waals surface area (Å²) in [5.74, 6) is 0. The second-order valence-electron chi connectivity index (χ2n) is 4.24. The van der Waals surface area contributed by atoms with Gasteiger partial charge in [0.2, 0.25) is 0 Å². The number of benzene rings is 2. The Bertz CT molecular complexity index is 496. The quantitative estimate of drug-likeness (QED) is 0.770. The average molecular weight is 258 g/mol. The van der Waals surface area contributed by atoms with Gasteiger partial charge in [-0.25, -0.2) is 0 Å². The molecule has 0 aliphatic carbocycles. The van der Waals surface area contributed by atoms with Gasteiger partial charge < -0.3 is 4.89 Å². The molecular formula is C15H15O2P. The molecule has 92 valence electrons. The zero-order valence-electron chi connectivity index (χ0n) is 10.0. The first-order valence-electron chi connectivity index (χ1n) is 6.00. The molecule has 0 amide bonds. The van der Waals surface area contributed by atoms with Crippen molar-refractivity contribution >= 4 is 8.03 Å². The number of hydrogen-bond donors (Lipinski definition) is 0. The zero-order chi connectivity index (χ0) is 12.8. The van der Waals surface area contributed by atoms with Crippen LogP contribution < -0.4 is 4.89 Å². The number of aryl methyl sites for hydroxylation is 1. The van der Waals surface area contributed by atoms with Gasteiger partial charge in [0.05, 0.1) is 0 Å². The summed E-state index contributed by atoms with van der Waals surface area (Å²) in [6, 6.07) is 19.4. The van der Waals surface area contributed by atoms with Crippen molar-refractivity contribution in [2.24, 2.45) is 0 Å². The van der Waals surface area contributed by atoms with Gasteiger partial charge in [-0.1, -0.05) is 65.2 Å². The highest BCUT2D eigenvalue weighted by atomic mass is 31.1. The van der Waals surface area contributed by atoms with Crippen molar-refractivity contribution in [3.8, 4) is 0 Å². The van der Waals surface area contributed by atoms with Crippen molar-refractivity contribution in [1.29, 1.82) is 0 Å². The smallest absolute Gasteiger partial charge is 0.316 e. The van der Waals surface area contributed by atoms with Gasteiger partial charge in [0.15, 0.2) is 5.66 Å². The normalized spacial score (nSPS) is 13.1. The first-order valence-corrected chi connectivity index (χ1v) is 7.24. The maximum Gasteiger partial charge on any atom is 0.316 e. The summed E-state index contributed by atoms with van der Waals surface area (Å²) in [6.45, 7) is 0. The van der Waals surface area contributed by atoms with E-state index >= 15 is 0 Å². The molecule has 0 heterocycles. The molecule has 0 aliphatic rings. The Morgan fingerprint density at radius 2 is 1.50 bits per heavy atom. The molecule has 0 N–H and O–H groups in total. The molecule has 0 radical (unpaired) electrons. The van der Waals surface area contributed by atoms with Gasteiger partial charge in [0.1, 0.15) is 0 Å². The van der Waals surface area contributed by atoms with E-state index in [1.165, 1.54) is 5.56 Å². The summed E-state index contributed by atoms with van der Waals surface area (Å²) in [7, 11) is -2.44. The predicted octanol–water partition coefficient (Wildman–Crippen LogP) is 3.46. The van der Waals surface area contributed by atoms with Crippen LogP contribution in [0.4, 0.5) is 0 Å². The van der Waals surface area contributed by atoms with Gasteiger partial charge in [-0.05, 0) is 12.0 Å². The van der Waals surface area contributed by atoms with Crippen molar-refractivity contribution in [2.75, 3.05) is 0 Å². The van der Waals surface area contributed by atoms with Crippen LogP contribution in [0.25, 0.3) is 0 Å². The molecule has 3 heteroatoms. The zero-order valence-corrected chi connectivity index (χ0v) is 10.9. The molecule has 2 aromatic rings. The standard InChI is InChI=1S/C15H15O2P/c16-18(17)15(14-9-5-2-6-10-14)12-11-13-7-3-1-4-8-13/h1-10,15H,11-12H2. The van der Waals surface area contributed by atoms with Gasteiger partial charge in [-0.2, -0.15) is 0 Å². The Morgan fingerprint density at radius 3 is 2.06 bits per heavy atom. The Morgan fingerprint density at radius 1 is 0.944 bits per heavy atom. The molecule has 2 rings (SSSR count). The van der Waals surface area contributed by atoms with Crippen LogP contribution >= 0.6 is 8.03 Å². The topological polar surface area (TPSA) is 40.1 Å². The minimum absolute atomic E-state index is 0.388. The molecule has 2 unspecified atom stereocenters. The minimum Gasteiger partial charge on any atom is -0.595 e. The molecular weight excluding hydrogens is 243 g/mol. The third-order valence-corrected chi connectivity index (χ3v) is 4.05. The van der Waals surface area contributed by atoms with Crippen LogP contribution in [0.2, 0.25) is 0 Å². The first-order chi connectivity index (χ1) is 8.77. The summed E-state index contributed by atoms with van der Waals surface area (Å²) < 4.78 is 11.4. The van der Waals surface area contributed by atoms with E-state index in [-0.39, 0.29) is 5.66 Å². The van der Waals surface area contributed by atoms with Crippen LogP contribution in [0.5, 0.6) is 0 Å². The van der Waals surface area contributed by atoms with Gasteiger partial charge in [-0.3, -0.25) is 0 Å². The van der Waals surface area contributed by atoms with Gasteiger partial charge in [-0.15, -0.1) is 0 Å². The lowest BCUT2D eigenvalue weighted by Crippen LogP contribution is -2.02. The number of hydrogen-bond acceptors (Lipinski definition) is 2.